The first-order chi connectivity index (χ1) is 9.88. The van der Waals surface area contributed by atoms with Crippen molar-refractivity contribution < 1.29 is 32.5 Å². The Morgan fingerprint density at radius 3 is 2.57 bits per heavy atom. The highest BCUT2D eigenvalue weighted by molar-refractivity contribution is 5.91. The van der Waals surface area contributed by atoms with Gasteiger partial charge in [-0.1, -0.05) is 0 Å². The summed E-state index contributed by atoms with van der Waals surface area (Å²) in [5, 5.41) is 9.03. The Bertz CT molecular complexity index is 507. The van der Waals surface area contributed by atoms with Gasteiger partial charge in [0.1, 0.15) is 11.3 Å². The van der Waals surface area contributed by atoms with E-state index in [-0.39, 0.29) is 18.3 Å². The number of halogens is 3. The van der Waals surface area contributed by atoms with Crippen LogP contribution < -0.4 is 4.74 Å². The van der Waals surface area contributed by atoms with E-state index in [2.05, 4.69) is 0 Å². The van der Waals surface area contributed by atoms with Crippen LogP contribution in [0.1, 0.15) is 28.8 Å². The second kappa shape index (κ2) is 6.34. The van der Waals surface area contributed by atoms with Gasteiger partial charge in [-0.15, -0.1) is 0 Å². The van der Waals surface area contributed by atoms with Gasteiger partial charge in [0.25, 0.3) is 0 Å². The molecule has 1 fully saturated rings. The van der Waals surface area contributed by atoms with Gasteiger partial charge in [0, 0.05) is 13.2 Å². The fourth-order valence-electron chi connectivity index (χ4n) is 2.12. The molecule has 0 amide bonds. The summed E-state index contributed by atoms with van der Waals surface area (Å²) in [4.78, 5) is 11.1. The molecule has 1 N–H and O–H groups in total. The number of benzene rings is 1. The molecule has 0 atom stereocenters. The second-order valence-corrected chi connectivity index (χ2v) is 4.88. The number of ether oxygens (including phenoxy) is 2. The molecule has 21 heavy (non-hydrogen) atoms. The minimum absolute atomic E-state index is 0.0398. The Labute approximate surface area is 119 Å². The van der Waals surface area contributed by atoms with Gasteiger partial charge >= 0.3 is 12.1 Å². The smallest absolute Gasteiger partial charge is 0.416 e. The predicted octanol–water partition coefficient (Wildman–Crippen LogP) is 3.21. The molecule has 1 aliphatic rings. The third kappa shape index (κ3) is 4.10. The van der Waals surface area contributed by atoms with Gasteiger partial charge in [-0.05, 0) is 37.0 Å². The van der Waals surface area contributed by atoms with Crippen LogP contribution in [-0.4, -0.2) is 30.9 Å². The number of carbonyl (C=O) groups is 1. The molecule has 0 saturated carbocycles. The molecule has 0 aromatic heterocycles. The maximum atomic E-state index is 12.6. The maximum absolute atomic E-state index is 12.6. The van der Waals surface area contributed by atoms with Crippen molar-refractivity contribution >= 4 is 5.97 Å². The Balaban J connectivity index is 2.12. The Kier molecular flexibility index (Phi) is 4.72. The summed E-state index contributed by atoms with van der Waals surface area (Å²) in [6, 6.07) is 2.49. The SMILES string of the molecule is O=C(O)c1cc(C(F)(F)F)ccc1OCC1CCOCC1. The highest BCUT2D eigenvalue weighted by atomic mass is 19.4. The number of aromatic carboxylic acids is 1. The molecule has 1 aromatic rings. The molecule has 0 spiro atoms. The molecule has 0 radical (unpaired) electrons. The van der Waals surface area contributed by atoms with Crippen molar-refractivity contribution in [3.05, 3.63) is 29.3 Å². The average Bonchev–Trinajstić information content (AvgIpc) is 2.45. The van der Waals surface area contributed by atoms with E-state index >= 15 is 0 Å². The second-order valence-electron chi connectivity index (χ2n) is 4.88. The quantitative estimate of drug-likeness (QED) is 0.928. The lowest BCUT2D eigenvalue weighted by Crippen LogP contribution is -2.22. The summed E-state index contributed by atoms with van der Waals surface area (Å²) < 4.78 is 48.4. The van der Waals surface area contributed by atoms with E-state index in [0.29, 0.717) is 19.3 Å². The molecule has 1 heterocycles. The first kappa shape index (κ1) is 15.6. The highest BCUT2D eigenvalue weighted by Gasteiger charge is 2.32. The fraction of sp³-hybridized carbons (Fsp3) is 0.500. The van der Waals surface area contributed by atoms with Crippen molar-refractivity contribution in [3.8, 4) is 5.75 Å². The molecule has 116 valence electrons. The lowest BCUT2D eigenvalue weighted by Gasteiger charge is -2.22. The third-order valence-corrected chi connectivity index (χ3v) is 3.35. The Hall–Kier alpha value is -1.76. The number of rotatable bonds is 4. The van der Waals surface area contributed by atoms with Crippen molar-refractivity contribution in [3.63, 3.8) is 0 Å². The molecule has 0 bridgehead atoms. The van der Waals surface area contributed by atoms with Crippen LogP contribution in [0, 0.1) is 5.92 Å². The van der Waals surface area contributed by atoms with Gasteiger partial charge in [0.05, 0.1) is 12.2 Å². The van der Waals surface area contributed by atoms with Gasteiger partial charge in [-0.2, -0.15) is 13.2 Å². The van der Waals surface area contributed by atoms with Crippen LogP contribution in [0.2, 0.25) is 0 Å². The van der Waals surface area contributed by atoms with Crippen LogP contribution in [-0.2, 0) is 10.9 Å². The van der Waals surface area contributed by atoms with Crippen LogP contribution >= 0.6 is 0 Å². The van der Waals surface area contributed by atoms with E-state index in [4.69, 9.17) is 14.6 Å². The van der Waals surface area contributed by atoms with Crippen molar-refractivity contribution in [2.45, 2.75) is 19.0 Å². The van der Waals surface area contributed by atoms with Crippen LogP contribution in [0.25, 0.3) is 0 Å². The molecule has 1 aliphatic heterocycles. The number of hydrogen-bond donors (Lipinski definition) is 1. The van der Waals surface area contributed by atoms with Crippen LogP contribution in [0.5, 0.6) is 5.75 Å². The molecule has 4 nitrogen and oxygen atoms in total. The zero-order chi connectivity index (χ0) is 15.5. The molecule has 1 aromatic carbocycles. The summed E-state index contributed by atoms with van der Waals surface area (Å²) in [5.74, 6) is -1.26. The van der Waals surface area contributed by atoms with E-state index in [1.807, 2.05) is 0 Å². The lowest BCUT2D eigenvalue weighted by atomic mass is 10.0. The minimum atomic E-state index is -4.58. The molecule has 7 heteroatoms. The van der Waals surface area contributed by atoms with Crippen molar-refractivity contribution in [2.24, 2.45) is 5.92 Å². The molecular formula is C14H15F3O4. The van der Waals surface area contributed by atoms with E-state index in [1.165, 1.54) is 0 Å². The largest absolute Gasteiger partial charge is 0.492 e. The summed E-state index contributed by atoms with van der Waals surface area (Å²) in [6.45, 7) is 1.51. The normalized spacial score (nSPS) is 16.7. The van der Waals surface area contributed by atoms with E-state index in [1.54, 1.807) is 0 Å². The monoisotopic (exact) mass is 304 g/mol. The van der Waals surface area contributed by atoms with Gasteiger partial charge in [0.15, 0.2) is 0 Å². The number of alkyl halides is 3. The maximum Gasteiger partial charge on any atom is 0.416 e. The van der Waals surface area contributed by atoms with Gasteiger partial charge in [-0.25, -0.2) is 4.79 Å². The Morgan fingerprint density at radius 1 is 1.33 bits per heavy atom. The standard InChI is InChI=1S/C14H15F3O4/c15-14(16,17)10-1-2-12(11(7-10)13(18)19)21-8-9-3-5-20-6-4-9/h1-2,7,9H,3-6,8H2,(H,18,19). The first-order valence-corrected chi connectivity index (χ1v) is 6.53. The summed E-state index contributed by atoms with van der Waals surface area (Å²) in [7, 11) is 0. The number of carboxylic acids is 1. The molecule has 1 saturated heterocycles. The van der Waals surface area contributed by atoms with Gasteiger partial charge in [-0.3, -0.25) is 0 Å². The van der Waals surface area contributed by atoms with E-state index < -0.39 is 23.3 Å². The van der Waals surface area contributed by atoms with Gasteiger partial charge in [0.2, 0.25) is 0 Å². The summed E-state index contributed by atoms with van der Waals surface area (Å²) >= 11 is 0. The van der Waals surface area contributed by atoms with E-state index in [0.717, 1.165) is 25.0 Å². The average molecular weight is 304 g/mol. The predicted molar refractivity (Wildman–Crippen MR) is 67.4 cm³/mol. The molecular weight excluding hydrogens is 289 g/mol. The zero-order valence-corrected chi connectivity index (χ0v) is 11.2. The Morgan fingerprint density at radius 2 is 2.00 bits per heavy atom. The molecule has 2 rings (SSSR count). The number of hydrogen-bond acceptors (Lipinski definition) is 3. The highest BCUT2D eigenvalue weighted by Crippen LogP contribution is 2.33. The third-order valence-electron chi connectivity index (χ3n) is 3.35. The first-order valence-electron chi connectivity index (χ1n) is 6.53. The fourth-order valence-corrected chi connectivity index (χ4v) is 2.12. The van der Waals surface area contributed by atoms with Crippen molar-refractivity contribution in [2.75, 3.05) is 19.8 Å². The number of carboxylic acid groups (broad SMARTS) is 1. The lowest BCUT2D eigenvalue weighted by molar-refractivity contribution is -0.137. The van der Waals surface area contributed by atoms with Gasteiger partial charge < -0.3 is 14.6 Å². The van der Waals surface area contributed by atoms with Crippen molar-refractivity contribution in [1.29, 1.82) is 0 Å². The molecule has 0 aliphatic carbocycles. The molecule has 0 unspecified atom stereocenters. The van der Waals surface area contributed by atoms with Crippen LogP contribution in [0.15, 0.2) is 18.2 Å². The van der Waals surface area contributed by atoms with Crippen LogP contribution in [0.4, 0.5) is 13.2 Å². The topological polar surface area (TPSA) is 55.8 Å². The van der Waals surface area contributed by atoms with Crippen molar-refractivity contribution in [1.82, 2.24) is 0 Å². The minimum Gasteiger partial charge on any atom is -0.492 e. The summed E-state index contributed by atoms with van der Waals surface area (Å²) in [6.07, 6.45) is -2.99. The van der Waals surface area contributed by atoms with E-state index in [9.17, 15) is 18.0 Å². The zero-order valence-electron chi connectivity index (χ0n) is 11.2. The summed E-state index contributed by atoms with van der Waals surface area (Å²) in [5.41, 5.74) is -1.48. The van der Waals surface area contributed by atoms with Crippen LogP contribution in [0.3, 0.4) is 0 Å².